The first-order valence-electron chi connectivity index (χ1n) is 8.24. The van der Waals surface area contributed by atoms with Gasteiger partial charge in [0.25, 0.3) is 11.6 Å². The van der Waals surface area contributed by atoms with Crippen molar-refractivity contribution in [3.05, 3.63) is 63.4 Å². The van der Waals surface area contributed by atoms with Gasteiger partial charge in [0.2, 0.25) is 10.0 Å². The van der Waals surface area contributed by atoms with E-state index in [0.29, 0.717) is 10.6 Å². The first kappa shape index (κ1) is 20.7. The van der Waals surface area contributed by atoms with Crippen LogP contribution in [0.15, 0.2) is 51.9 Å². The fourth-order valence-corrected chi connectivity index (χ4v) is 3.92. The van der Waals surface area contributed by atoms with Crippen molar-refractivity contribution in [2.24, 2.45) is 0 Å². The number of nitrogens with one attached hydrogen (secondary N) is 1. The van der Waals surface area contributed by atoms with Crippen molar-refractivity contribution in [3.63, 3.8) is 0 Å². The van der Waals surface area contributed by atoms with Crippen LogP contribution in [0.25, 0.3) is 11.5 Å². The lowest BCUT2D eigenvalue weighted by atomic mass is 10.2. The molecular formula is C17H16ClN5O5S. The molecule has 12 heteroatoms. The molecule has 0 saturated carbocycles. The second-order valence-corrected chi connectivity index (χ2v) is 8.39. The van der Waals surface area contributed by atoms with Crippen molar-refractivity contribution in [2.45, 2.75) is 11.4 Å². The average molecular weight is 438 g/mol. The predicted octanol–water partition coefficient (Wildman–Crippen LogP) is 3.16. The molecule has 0 unspecified atom stereocenters. The normalized spacial score (nSPS) is 11.6. The van der Waals surface area contributed by atoms with Crippen molar-refractivity contribution >= 4 is 33.0 Å². The molecule has 0 atom stereocenters. The number of nitro groups is 1. The van der Waals surface area contributed by atoms with E-state index in [-0.39, 0.29) is 34.5 Å². The highest BCUT2D eigenvalue weighted by Crippen LogP contribution is 2.29. The van der Waals surface area contributed by atoms with Crippen LogP contribution in [0.5, 0.6) is 0 Å². The van der Waals surface area contributed by atoms with Gasteiger partial charge in [0.05, 0.1) is 26.9 Å². The summed E-state index contributed by atoms with van der Waals surface area (Å²) in [4.78, 5) is 14.5. The zero-order valence-corrected chi connectivity index (χ0v) is 16.9. The molecule has 1 N–H and O–H groups in total. The van der Waals surface area contributed by atoms with Crippen LogP contribution < -0.4 is 5.32 Å². The molecule has 0 aliphatic carbocycles. The van der Waals surface area contributed by atoms with Crippen LogP contribution >= 0.6 is 11.6 Å². The fraction of sp³-hybridized carbons (Fsp3) is 0.176. The largest absolute Gasteiger partial charge is 0.383 e. The minimum Gasteiger partial charge on any atom is -0.383 e. The van der Waals surface area contributed by atoms with Gasteiger partial charge in [-0.1, -0.05) is 28.9 Å². The number of aromatic nitrogens is 2. The summed E-state index contributed by atoms with van der Waals surface area (Å²) < 4.78 is 31.8. The first-order chi connectivity index (χ1) is 13.7. The molecule has 1 aromatic heterocycles. The van der Waals surface area contributed by atoms with Crippen molar-refractivity contribution in [3.8, 4) is 11.5 Å². The Morgan fingerprint density at radius 3 is 2.66 bits per heavy atom. The van der Waals surface area contributed by atoms with E-state index in [9.17, 15) is 18.5 Å². The number of nitrogens with zero attached hydrogens (tertiary/aromatic N) is 4. The molecule has 0 fully saturated rings. The summed E-state index contributed by atoms with van der Waals surface area (Å²) in [5.41, 5.74) is 0.387. The summed E-state index contributed by atoms with van der Waals surface area (Å²) in [6.45, 7) is -0.197. The van der Waals surface area contributed by atoms with Crippen LogP contribution in [-0.4, -0.2) is 41.9 Å². The van der Waals surface area contributed by atoms with Gasteiger partial charge >= 0.3 is 0 Å². The van der Waals surface area contributed by atoms with E-state index in [1.54, 1.807) is 24.3 Å². The molecule has 29 heavy (non-hydrogen) atoms. The maximum absolute atomic E-state index is 12.8. The molecular weight excluding hydrogens is 422 g/mol. The standard InChI is InChI=1S/C17H16ClN5O5S/c1-19-14-8-7-11(9-15(14)23(24)25)29(26,27)22(2)10-16-20-17(28-21-16)12-5-3-4-6-13(12)18/h3-9,19H,10H2,1-2H3. The highest BCUT2D eigenvalue weighted by atomic mass is 35.5. The highest BCUT2D eigenvalue weighted by molar-refractivity contribution is 7.89. The number of nitro benzene ring substituents is 1. The highest BCUT2D eigenvalue weighted by Gasteiger charge is 2.26. The summed E-state index contributed by atoms with van der Waals surface area (Å²) >= 11 is 6.10. The van der Waals surface area contributed by atoms with Crippen LogP contribution in [0.2, 0.25) is 5.02 Å². The third kappa shape index (κ3) is 4.21. The van der Waals surface area contributed by atoms with Gasteiger partial charge in [0, 0.05) is 20.2 Å². The quantitative estimate of drug-likeness (QED) is 0.440. The predicted molar refractivity (Wildman–Crippen MR) is 106 cm³/mol. The SMILES string of the molecule is CNc1ccc(S(=O)(=O)N(C)Cc2noc(-c3ccccc3Cl)n2)cc1[N+](=O)[O-]. The molecule has 1 heterocycles. The Labute approximate surface area is 171 Å². The number of hydrogen-bond acceptors (Lipinski definition) is 8. The van der Waals surface area contributed by atoms with Gasteiger partial charge in [0.15, 0.2) is 5.82 Å². The van der Waals surface area contributed by atoms with Gasteiger partial charge in [-0.3, -0.25) is 10.1 Å². The topological polar surface area (TPSA) is 131 Å². The van der Waals surface area contributed by atoms with Gasteiger partial charge in [-0.25, -0.2) is 8.42 Å². The Morgan fingerprint density at radius 1 is 1.28 bits per heavy atom. The minimum atomic E-state index is -4.03. The van der Waals surface area contributed by atoms with Gasteiger partial charge in [0.1, 0.15) is 5.69 Å². The number of halogens is 1. The van der Waals surface area contributed by atoms with Crippen LogP contribution in [0.4, 0.5) is 11.4 Å². The summed E-state index contributed by atoms with van der Waals surface area (Å²) in [6.07, 6.45) is 0. The first-order valence-corrected chi connectivity index (χ1v) is 10.1. The van der Waals surface area contributed by atoms with E-state index in [4.69, 9.17) is 16.1 Å². The summed E-state index contributed by atoms with van der Waals surface area (Å²) in [5.74, 6) is 0.276. The van der Waals surface area contributed by atoms with Crippen LogP contribution in [0.3, 0.4) is 0 Å². The van der Waals surface area contributed by atoms with Crippen molar-refractivity contribution in [1.29, 1.82) is 0 Å². The number of hydrogen-bond donors (Lipinski definition) is 1. The van der Waals surface area contributed by atoms with Gasteiger partial charge < -0.3 is 9.84 Å². The molecule has 2 aromatic carbocycles. The van der Waals surface area contributed by atoms with Gasteiger partial charge in [-0.15, -0.1) is 0 Å². The lowest BCUT2D eigenvalue weighted by molar-refractivity contribution is -0.384. The third-order valence-electron chi connectivity index (χ3n) is 4.08. The number of anilines is 1. The molecule has 0 saturated heterocycles. The Morgan fingerprint density at radius 2 is 2.00 bits per heavy atom. The van der Waals surface area contributed by atoms with Gasteiger partial charge in [-0.2, -0.15) is 9.29 Å². The van der Waals surface area contributed by atoms with E-state index in [1.165, 1.54) is 26.2 Å². The van der Waals surface area contributed by atoms with Crippen molar-refractivity contribution in [1.82, 2.24) is 14.4 Å². The summed E-state index contributed by atoms with van der Waals surface area (Å²) in [6, 6.07) is 10.5. The Bertz CT molecular complexity index is 1160. The Hall–Kier alpha value is -3.02. The molecule has 0 aliphatic rings. The van der Waals surface area contributed by atoms with Gasteiger partial charge in [-0.05, 0) is 24.3 Å². The number of rotatable bonds is 7. The molecule has 152 valence electrons. The van der Waals surface area contributed by atoms with Crippen LogP contribution in [-0.2, 0) is 16.6 Å². The fourth-order valence-electron chi connectivity index (χ4n) is 2.56. The molecule has 0 spiro atoms. The average Bonchev–Trinajstić information content (AvgIpc) is 3.15. The molecule has 10 nitrogen and oxygen atoms in total. The lowest BCUT2D eigenvalue weighted by Crippen LogP contribution is -2.27. The molecule has 0 bridgehead atoms. The van der Waals surface area contributed by atoms with E-state index < -0.39 is 14.9 Å². The number of sulfonamides is 1. The molecule has 3 aromatic rings. The summed E-state index contributed by atoms with van der Waals surface area (Å²) in [5, 5.41) is 18.1. The zero-order valence-electron chi connectivity index (χ0n) is 15.4. The zero-order chi connectivity index (χ0) is 21.2. The molecule has 3 rings (SSSR count). The summed E-state index contributed by atoms with van der Waals surface area (Å²) in [7, 11) is -1.20. The maximum Gasteiger partial charge on any atom is 0.293 e. The van der Waals surface area contributed by atoms with E-state index in [1.807, 2.05) is 0 Å². The molecule has 0 aliphatic heterocycles. The molecule has 0 radical (unpaired) electrons. The van der Waals surface area contributed by atoms with E-state index >= 15 is 0 Å². The second kappa shape index (κ2) is 8.15. The second-order valence-electron chi connectivity index (χ2n) is 5.94. The minimum absolute atomic E-state index is 0.118. The van der Waals surface area contributed by atoms with Crippen LogP contribution in [0, 0.1) is 10.1 Å². The Kier molecular flexibility index (Phi) is 5.82. The van der Waals surface area contributed by atoms with Crippen molar-refractivity contribution in [2.75, 3.05) is 19.4 Å². The van der Waals surface area contributed by atoms with E-state index in [2.05, 4.69) is 15.5 Å². The lowest BCUT2D eigenvalue weighted by Gasteiger charge is -2.15. The molecule has 0 amide bonds. The van der Waals surface area contributed by atoms with Crippen LogP contribution in [0.1, 0.15) is 5.82 Å². The Balaban J connectivity index is 1.85. The van der Waals surface area contributed by atoms with Crippen molar-refractivity contribution < 1.29 is 17.9 Å². The number of benzene rings is 2. The third-order valence-corrected chi connectivity index (χ3v) is 6.21. The smallest absolute Gasteiger partial charge is 0.293 e. The monoisotopic (exact) mass is 437 g/mol. The van der Waals surface area contributed by atoms with E-state index in [0.717, 1.165) is 10.4 Å². The maximum atomic E-state index is 12.8.